The van der Waals surface area contributed by atoms with Crippen LogP contribution in [0.4, 0.5) is 13.2 Å². The number of carbonyl (C=O) groups excluding carboxylic acids is 2. The number of halogens is 4. The molecule has 3 aromatic rings. The van der Waals surface area contributed by atoms with Crippen molar-refractivity contribution in [1.82, 2.24) is 19.6 Å². The van der Waals surface area contributed by atoms with Crippen molar-refractivity contribution in [2.75, 3.05) is 20.1 Å². The Kier molecular flexibility index (Phi) is 7.47. The number of amidine groups is 1. The predicted octanol–water partition coefficient (Wildman–Crippen LogP) is 5.67. The van der Waals surface area contributed by atoms with Crippen LogP contribution in [0.5, 0.6) is 0 Å². The zero-order valence-corrected chi connectivity index (χ0v) is 22.8. The van der Waals surface area contributed by atoms with E-state index in [1.165, 1.54) is 28.6 Å². The van der Waals surface area contributed by atoms with E-state index < -0.39 is 11.7 Å². The Balaban J connectivity index is 1.29. The van der Waals surface area contributed by atoms with Crippen molar-refractivity contribution in [2.24, 2.45) is 4.99 Å². The van der Waals surface area contributed by atoms with Crippen molar-refractivity contribution >= 4 is 57.3 Å². The molecular weight excluding hydrogens is 551 g/mol. The molecule has 0 saturated carbocycles. The summed E-state index contributed by atoms with van der Waals surface area (Å²) in [6.07, 6.45) is 0.440. The molecule has 2 aliphatic rings. The summed E-state index contributed by atoms with van der Waals surface area (Å²) in [4.78, 5) is 32.9. The molecule has 0 atom stereocenters. The van der Waals surface area contributed by atoms with Crippen molar-refractivity contribution in [3.8, 4) is 0 Å². The van der Waals surface area contributed by atoms with Crippen molar-refractivity contribution in [2.45, 2.75) is 38.5 Å². The third-order valence-corrected chi connectivity index (χ3v) is 8.33. The van der Waals surface area contributed by atoms with Gasteiger partial charge in [0.2, 0.25) is 5.91 Å². The van der Waals surface area contributed by atoms with Crippen molar-refractivity contribution < 1.29 is 22.8 Å². The number of likely N-dealkylation sites (tertiary alicyclic amines) is 1. The molecule has 39 heavy (non-hydrogen) atoms. The first-order chi connectivity index (χ1) is 18.5. The van der Waals surface area contributed by atoms with E-state index in [0.29, 0.717) is 28.7 Å². The summed E-state index contributed by atoms with van der Waals surface area (Å²) in [5, 5.41) is 5.71. The van der Waals surface area contributed by atoms with E-state index in [4.69, 9.17) is 11.6 Å². The highest BCUT2D eigenvalue weighted by atomic mass is 35.5. The number of hydrogen-bond donors (Lipinski definition) is 0. The summed E-state index contributed by atoms with van der Waals surface area (Å²) < 4.78 is 42.1. The lowest BCUT2D eigenvalue weighted by Crippen LogP contribution is -2.46. The van der Waals surface area contributed by atoms with Crippen LogP contribution in [0.2, 0.25) is 5.02 Å². The van der Waals surface area contributed by atoms with E-state index in [2.05, 4.69) is 15.0 Å². The van der Waals surface area contributed by atoms with E-state index in [1.807, 2.05) is 13.1 Å². The van der Waals surface area contributed by atoms with Gasteiger partial charge in [-0.15, -0.1) is 0 Å². The van der Waals surface area contributed by atoms with Crippen LogP contribution in [-0.2, 0) is 22.3 Å². The standard InChI is InChI=1S/C27H25ClF3N5O2S/c1-16(37)34(2)21-7-9-35(10-8-21)26-33-25(38)24(39-26)12-17-3-6-23-19(11-17)14-32-36(23)15-18-4-5-20(28)13-22(18)27(29,30)31/h3-6,11-14,21H,7-10,15H2,1-2H3/b24-12-. The number of carbonyl (C=O) groups is 2. The Bertz CT molecular complexity index is 1510. The molecule has 2 aliphatic heterocycles. The monoisotopic (exact) mass is 575 g/mol. The van der Waals surface area contributed by atoms with E-state index in [1.54, 1.807) is 36.2 Å². The molecule has 5 rings (SSSR count). The second kappa shape index (κ2) is 10.7. The summed E-state index contributed by atoms with van der Waals surface area (Å²) in [6, 6.07) is 9.32. The van der Waals surface area contributed by atoms with Gasteiger partial charge in [-0.3, -0.25) is 14.3 Å². The minimum atomic E-state index is -4.53. The fraction of sp³-hybridized carbons (Fsp3) is 0.333. The largest absolute Gasteiger partial charge is 0.416 e. The van der Waals surface area contributed by atoms with Gasteiger partial charge in [-0.25, -0.2) is 0 Å². The lowest BCUT2D eigenvalue weighted by atomic mass is 10.0. The van der Waals surface area contributed by atoms with Crippen LogP contribution in [0.15, 0.2) is 52.5 Å². The maximum Gasteiger partial charge on any atom is 0.416 e. The second-order valence-electron chi connectivity index (χ2n) is 9.58. The van der Waals surface area contributed by atoms with E-state index in [9.17, 15) is 22.8 Å². The first kappa shape index (κ1) is 27.3. The highest BCUT2D eigenvalue weighted by Gasteiger charge is 2.34. The van der Waals surface area contributed by atoms with Gasteiger partial charge < -0.3 is 9.80 Å². The van der Waals surface area contributed by atoms with Crippen molar-refractivity contribution in [3.05, 3.63) is 69.2 Å². The summed E-state index contributed by atoms with van der Waals surface area (Å²) >= 11 is 7.12. The molecule has 2 amide bonds. The number of amides is 2. The molecule has 0 radical (unpaired) electrons. The molecule has 7 nitrogen and oxygen atoms in total. The highest BCUT2D eigenvalue weighted by Crippen LogP contribution is 2.35. The van der Waals surface area contributed by atoms with Crippen LogP contribution >= 0.6 is 23.4 Å². The molecule has 0 aliphatic carbocycles. The van der Waals surface area contributed by atoms with Gasteiger partial charge >= 0.3 is 6.18 Å². The van der Waals surface area contributed by atoms with Crippen molar-refractivity contribution in [3.63, 3.8) is 0 Å². The number of hydrogen-bond acceptors (Lipinski definition) is 5. The van der Waals surface area contributed by atoms with E-state index >= 15 is 0 Å². The topological polar surface area (TPSA) is 70.8 Å². The van der Waals surface area contributed by atoms with Gasteiger partial charge in [0, 0.05) is 43.5 Å². The zero-order chi connectivity index (χ0) is 27.9. The maximum absolute atomic E-state index is 13.5. The summed E-state index contributed by atoms with van der Waals surface area (Å²) in [7, 11) is 1.81. The molecule has 12 heteroatoms. The molecule has 1 fully saturated rings. The Morgan fingerprint density at radius 3 is 2.64 bits per heavy atom. The number of nitrogens with zero attached hydrogens (tertiary/aromatic N) is 5. The van der Waals surface area contributed by atoms with Crippen LogP contribution in [0.1, 0.15) is 36.5 Å². The van der Waals surface area contributed by atoms with Crippen LogP contribution in [-0.4, -0.2) is 62.7 Å². The Morgan fingerprint density at radius 1 is 1.21 bits per heavy atom. The van der Waals surface area contributed by atoms with Crippen LogP contribution in [0, 0.1) is 0 Å². The predicted molar refractivity (Wildman–Crippen MR) is 146 cm³/mol. The number of aliphatic imine (C=N–C) groups is 1. The van der Waals surface area contributed by atoms with Gasteiger partial charge in [0.05, 0.1) is 28.7 Å². The van der Waals surface area contributed by atoms with Gasteiger partial charge in [-0.1, -0.05) is 23.7 Å². The normalized spacial score (nSPS) is 17.8. The lowest BCUT2D eigenvalue weighted by molar-refractivity contribution is -0.138. The Labute approximate surface area is 232 Å². The molecule has 3 heterocycles. The zero-order valence-electron chi connectivity index (χ0n) is 21.2. The first-order valence-electron chi connectivity index (χ1n) is 12.3. The van der Waals surface area contributed by atoms with Gasteiger partial charge in [0.25, 0.3) is 5.91 Å². The highest BCUT2D eigenvalue weighted by molar-refractivity contribution is 8.18. The summed E-state index contributed by atoms with van der Waals surface area (Å²) in [5.41, 5.74) is 0.708. The first-order valence-corrected chi connectivity index (χ1v) is 13.5. The summed E-state index contributed by atoms with van der Waals surface area (Å²) in [5.74, 6) is -0.267. The molecular formula is C27H25ClF3N5O2S. The van der Waals surface area contributed by atoms with Crippen molar-refractivity contribution in [1.29, 1.82) is 0 Å². The average molecular weight is 576 g/mol. The summed E-state index contributed by atoms with van der Waals surface area (Å²) in [6.45, 7) is 2.91. The fourth-order valence-corrected chi connectivity index (χ4v) is 5.96. The SMILES string of the molecule is CC(=O)N(C)C1CCN(C2=NC(=O)/C(=C/c3ccc4c(cnn4Cc4ccc(Cl)cc4C(F)(F)F)c3)S2)CC1. The maximum atomic E-state index is 13.5. The number of aromatic nitrogens is 2. The van der Waals surface area contributed by atoms with Gasteiger partial charge in [-0.2, -0.15) is 23.3 Å². The number of thioether (sulfide) groups is 1. The van der Waals surface area contributed by atoms with Crippen LogP contribution < -0.4 is 0 Å². The van der Waals surface area contributed by atoms with Gasteiger partial charge in [0.15, 0.2) is 5.17 Å². The Morgan fingerprint density at radius 2 is 1.95 bits per heavy atom. The fourth-order valence-electron chi connectivity index (χ4n) is 4.82. The number of fused-ring (bicyclic) bond motifs is 1. The third kappa shape index (κ3) is 5.84. The molecule has 0 unspecified atom stereocenters. The molecule has 204 valence electrons. The average Bonchev–Trinajstić information content (AvgIpc) is 3.46. The number of piperidine rings is 1. The van der Waals surface area contributed by atoms with Gasteiger partial charge in [-0.05, 0) is 66.1 Å². The Hall–Kier alpha value is -3.31. The number of alkyl halides is 3. The number of rotatable bonds is 4. The molecule has 0 N–H and O–H groups in total. The van der Waals surface area contributed by atoms with Crippen LogP contribution in [0.3, 0.4) is 0 Å². The smallest absolute Gasteiger partial charge is 0.351 e. The lowest BCUT2D eigenvalue weighted by Gasteiger charge is -2.36. The molecule has 2 aromatic carbocycles. The minimum absolute atomic E-state index is 0.0191. The molecule has 0 bridgehead atoms. The number of benzene rings is 2. The van der Waals surface area contributed by atoms with E-state index in [-0.39, 0.29) is 35.0 Å². The molecule has 0 spiro atoms. The van der Waals surface area contributed by atoms with Gasteiger partial charge in [0.1, 0.15) is 0 Å². The third-order valence-electron chi connectivity index (χ3n) is 7.05. The minimum Gasteiger partial charge on any atom is -0.351 e. The van der Waals surface area contributed by atoms with Crippen LogP contribution in [0.25, 0.3) is 17.0 Å². The van der Waals surface area contributed by atoms with E-state index in [0.717, 1.165) is 29.9 Å². The molecule has 1 aromatic heterocycles. The molecule has 1 saturated heterocycles. The quantitative estimate of drug-likeness (QED) is 0.375. The second-order valence-corrected chi connectivity index (χ2v) is 11.0.